The van der Waals surface area contributed by atoms with Crippen molar-refractivity contribution in [1.82, 2.24) is 5.32 Å². The molecule has 0 saturated carbocycles. The van der Waals surface area contributed by atoms with Crippen LogP contribution in [0, 0.1) is 5.92 Å². The van der Waals surface area contributed by atoms with Crippen LogP contribution in [0.5, 0.6) is 11.5 Å². The molecule has 2 aromatic rings. The van der Waals surface area contributed by atoms with Gasteiger partial charge in [-0.25, -0.2) is 0 Å². The SMILES string of the molecule is CCC(C)Oc1cccc(NC(=S)NC(=O)c2ccccc2OCC(C)C)c1. The largest absolute Gasteiger partial charge is 0.492 e. The average Bonchev–Trinajstić information content (AvgIpc) is 2.66. The van der Waals surface area contributed by atoms with Crippen LogP contribution < -0.4 is 20.1 Å². The molecule has 1 amide bonds. The summed E-state index contributed by atoms with van der Waals surface area (Å²) in [4.78, 5) is 12.6. The number of carbonyl (C=O) groups is 1. The lowest BCUT2D eigenvalue weighted by molar-refractivity contribution is 0.0973. The molecule has 150 valence electrons. The lowest BCUT2D eigenvalue weighted by atomic mass is 10.2. The van der Waals surface area contributed by atoms with E-state index < -0.39 is 0 Å². The zero-order valence-corrected chi connectivity index (χ0v) is 17.6. The second-order valence-corrected chi connectivity index (χ2v) is 7.38. The molecule has 0 bridgehead atoms. The monoisotopic (exact) mass is 400 g/mol. The molecule has 2 aromatic carbocycles. The fourth-order valence-corrected chi connectivity index (χ4v) is 2.54. The van der Waals surface area contributed by atoms with Crippen molar-refractivity contribution in [3.05, 3.63) is 54.1 Å². The van der Waals surface area contributed by atoms with E-state index in [-0.39, 0.29) is 17.1 Å². The summed E-state index contributed by atoms with van der Waals surface area (Å²) in [6.07, 6.45) is 1.05. The molecule has 0 heterocycles. The summed E-state index contributed by atoms with van der Waals surface area (Å²) in [5.41, 5.74) is 1.19. The Balaban J connectivity index is 2.00. The summed E-state index contributed by atoms with van der Waals surface area (Å²) in [7, 11) is 0. The van der Waals surface area contributed by atoms with Gasteiger partial charge in [-0.2, -0.15) is 0 Å². The first kappa shape index (κ1) is 21.7. The van der Waals surface area contributed by atoms with Gasteiger partial charge in [0, 0.05) is 11.8 Å². The maximum Gasteiger partial charge on any atom is 0.261 e. The Morgan fingerprint density at radius 2 is 1.86 bits per heavy atom. The zero-order chi connectivity index (χ0) is 20.5. The molecule has 5 nitrogen and oxygen atoms in total. The van der Waals surface area contributed by atoms with E-state index in [4.69, 9.17) is 21.7 Å². The second kappa shape index (κ2) is 10.7. The van der Waals surface area contributed by atoms with Crippen LogP contribution in [0.4, 0.5) is 5.69 Å². The summed E-state index contributed by atoms with van der Waals surface area (Å²) >= 11 is 5.29. The summed E-state index contributed by atoms with van der Waals surface area (Å²) in [5.74, 6) is 1.34. The topological polar surface area (TPSA) is 59.6 Å². The number of para-hydroxylation sites is 1. The standard InChI is InChI=1S/C22H28N2O3S/c1-5-16(4)27-18-10-8-9-17(13-18)23-22(28)24-21(25)19-11-6-7-12-20(19)26-14-15(2)3/h6-13,15-16H,5,14H2,1-4H3,(H2,23,24,25,28). The Labute approximate surface area is 172 Å². The van der Waals surface area contributed by atoms with Crippen molar-refractivity contribution in [2.75, 3.05) is 11.9 Å². The fourth-order valence-electron chi connectivity index (χ4n) is 2.33. The summed E-state index contributed by atoms with van der Waals surface area (Å²) in [6, 6.07) is 14.6. The Morgan fingerprint density at radius 1 is 1.11 bits per heavy atom. The van der Waals surface area contributed by atoms with E-state index in [1.807, 2.05) is 37.3 Å². The highest BCUT2D eigenvalue weighted by Crippen LogP contribution is 2.20. The third kappa shape index (κ3) is 6.85. The highest BCUT2D eigenvalue weighted by Gasteiger charge is 2.14. The predicted molar refractivity (Wildman–Crippen MR) is 117 cm³/mol. The van der Waals surface area contributed by atoms with E-state index in [1.165, 1.54) is 0 Å². The highest BCUT2D eigenvalue weighted by atomic mass is 32.1. The molecule has 2 N–H and O–H groups in total. The van der Waals surface area contributed by atoms with Gasteiger partial charge in [-0.3, -0.25) is 10.1 Å². The minimum atomic E-state index is -0.316. The number of rotatable bonds is 8. The van der Waals surface area contributed by atoms with Crippen LogP contribution in [0.3, 0.4) is 0 Å². The summed E-state index contributed by atoms with van der Waals surface area (Å²) < 4.78 is 11.6. The van der Waals surface area contributed by atoms with Gasteiger partial charge < -0.3 is 14.8 Å². The van der Waals surface area contributed by atoms with Gasteiger partial charge in [0.1, 0.15) is 11.5 Å². The molecule has 6 heteroatoms. The molecule has 0 aliphatic rings. The van der Waals surface area contributed by atoms with Crippen molar-refractivity contribution in [2.45, 2.75) is 40.2 Å². The molecule has 0 saturated heterocycles. The first-order chi connectivity index (χ1) is 13.4. The van der Waals surface area contributed by atoms with E-state index in [0.717, 1.165) is 17.9 Å². The lowest BCUT2D eigenvalue weighted by Crippen LogP contribution is -2.34. The maximum atomic E-state index is 12.6. The van der Waals surface area contributed by atoms with Crippen LogP contribution in [0.2, 0.25) is 0 Å². The Hall–Kier alpha value is -2.60. The van der Waals surface area contributed by atoms with Gasteiger partial charge in [0.25, 0.3) is 5.91 Å². The van der Waals surface area contributed by atoms with Gasteiger partial charge in [-0.05, 0) is 55.7 Å². The van der Waals surface area contributed by atoms with Crippen LogP contribution in [0.15, 0.2) is 48.5 Å². The molecule has 28 heavy (non-hydrogen) atoms. The highest BCUT2D eigenvalue weighted by molar-refractivity contribution is 7.80. The molecule has 0 aliphatic carbocycles. The van der Waals surface area contributed by atoms with Gasteiger partial charge in [0.2, 0.25) is 0 Å². The maximum absolute atomic E-state index is 12.6. The third-order valence-electron chi connectivity index (χ3n) is 3.94. The van der Waals surface area contributed by atoms with E-state index >= 15 is 0 Å². The molecule has 0 radical (unpaired) electrons. The first-order valence-corrected chi connectivity index (χ1v) is 9.90. The third-order valence-corrected chi connectivity index (χ3v) is 4.14. The molecule has 0 fully saturated rings. The smallest absolute Gasteiger partial charge is 0.261 e. The predicted octanol–water partition coefficient (Wildman–Crippen LogP) is 5.03. The normalized spacial score (nSPS) is 11.6. The van der Waals surface area contributed by atoms with Gasteiger partial charge in [0.05, 0.1) is 18.3 Å². The number of carbonyl (C=O) groups excluding carboxylic acids is 1. The Kier molecular flexibility index (Phi) is 8.26. The van der Waals surface area contributed by atoms with Crippen molar-refractivity contribution in [2.24, 2.45) is 5.92 Å². The van der Waals surface area contributed by atoms with Gasteiger partial charge in [-0.1, -0.05) is 39.0 Å². The van der Waals surface area contributed by atoms with Crippen LogP contribution in [-0.2, 0) is 0 Å². The molecule has 0 spiro atoms. The van der Waals surface area contributed by atoms with E-state index in [1.54, 1.807) is 18.2 Å². The molecule has 0 aromatic heterocycles. The molecule has 0 aliphatic heterocycles. The van der Waals surface area contributed by atoms with E-state index in [0.29, 0.717) is 23.8 Å². The van der Waals surface area contributed by atoms with Crippen LogP contribution in [0.1, 0.15) is 44.5 Å². The van der Waals surface area contributed by atoms with Crippen molar-refractivity contribution >= 4 is 28.9 Å². The molecule has 1 atom stereocenters. The number of hydrogen-bond acceptors (Lipinski definition) is 4. The zero-order valence-electron chi connectivity index (χ0n) is 16.8. The number of thiocarbonyl (C=S) groups is 1. The first-order valence-electron chi connectivity index (χ1n) is 9.50. The van der Waals surface area contributed by atoms with Crippen molar-refractivity contribution in [3.8, 4) is 11.5 Å². The molecule has 1 unspecified atom stereocenters. The Morgan fingerprint density at radius 3 is 2.57 bits per heavy atom. The van der Waals surface area contributed by atoms with Crippen molar-refractivity contribution < 1.29 is 14.3 Å². The van der Waals surface area contributed by atoms with Crippen LogP contribution in [0.25, 0.3) is 0 Å². The minimum Gasteiger partial charge on any atom is -0.492 e. The van der Waals surface area contributed by atoms with Crippen LogP contribution >= 0.6 is 12.2 Å². The number of benzene rings is 2. The summed E-state index contributed by atoms with van der Waals surface area (Å²) in [5, 5.41) is 5.94. The quantitative estimate of drug-likeness (QED) is 0.609. The molecular weight excluding hydrogens is 372 g/mol. The number of ether oxygens (including phenoxy) is 2. The number of amides is 1. The number of hydrogen-bond donors (Lipinski definition) is 2. The van der Waals surface area contributed by atoms with E-state index in [9.17, 15) is 4.79 Å². The average molecular weight is 401 g/mol. The lowest BCUT2D eigenvalue weighted by Gasteiger charge is -2.15. The molecule has 2 rings (SSSR count). The minimum absolute atomic E-state index is 0.129. The van der Waals surface area contributed by atoms with Gasteiger partial charge >= 0.3 is 0 Å². The van der Waals surface area contributed by atoms with Crippen LogP contribution in [-0.4, -0.2) is 23.7 Å². The second-order valence-electron chi connectivity index (χ2n) is 6.97. The van der Waals surface area contributed by atoms with Gasteiger partial charge in [-0.15, -0.1) is 0 Å². The molecular formula is C22H28N2O3S. The Bertz CT molecular complexity index is 808. The van der Waals surface area contributed by atoms with Gasteiger partial charge in [0.15, 0.2) is 5.11 Å². The number of anilines is 1. The van der Waals surface area contributed by atoms with Crippen molar-refractivity contribution in [3.63, 3.8) is 0 Å². The van der Waals surface area contributed by atoms with Crippen molar-refractivity contribution in [1.29, 1.82) is 0 Å². The van der Waals surface area contributed by atoms with E-state index in [2.05, 4.69) is 31.4 Å². The summed E-state index contributed by atoms with van der Waals surface area (Å²) in [6.45, 7) is 8.74. The fraction of sp³-hybridized carbons (Fsp3) is 0.364. The number of nitrogens with one attached hydrogen (secondary N) is 2.